The quantitative estimate of drug-likeness (QED) is 0.768. The highest BCUT2D eigenvalue weighted by Gasteiger charge is 2.42. The zero-order valence-electron chi connectivity index (χ0n) is 14.9. The average molecular weight is 355 g/mol. The minimum Gasteiger partial charge on any atom is -0.393 e. The van der Waals surface area contributed by atoms with Gasteiger partial charge in [-0.05, 0) is 44.6 Å². The molecule has 1 spiro atoms. The Balaban J connectivity index is 1.53. The van der Waals surface area contributed by atoms with Gasteiger partial charge in [0.25, 0.3) is 5.91 Å². The van der Waals surface area contributed by atoms with E-state index in [0.717, 1.165) is 49.6 Å². The Morgan fingerprint density at radius 3 is 2.77 bits per heavy atom. The second kappa shape index (κ2) is 5.94. The van der Waals surface area contributed by atoms with Crippen molar-refractivity contribution in [1.82, 2.24) is 19.9 Å². The number of carbonyl (C=O) groups excluding carboxylic acids is 1. The molecule has 3 aliphatic rings. The zero-order valence-corrected chi connectivity index (χ0v) is 14.9. The van der Waals surface area contributed by atoms with Crippen LogP contribution in [-0.4, -0.2) is 44.2 Å². The largest absolute Gasteiger partial charge is 0.393 e. The fourth-order valence-corrected chi connectivity index (χ4v) is 4.96. The van der Waals surface area contributed by atoms with E-state index in [2.05, 4.69) is 20.2 Å². The number of nitrogens with zero attached hydrogens (tertiary/aromatic N) is 3. The Labute approximate surface area is 152 Å². The lowest BCUT2D eigenvalue weighted by Gasteiger charge is -2.37. The molecule has 1 aliphatic heterocycles. The molecule has 0 radical (unpaired) electrons. The molecular formula is C19H25N5O2. The van der Waals surface area contributed by atoms with Gasteiger partial charge in [-0.2, -0.15) is 4.98 Å². The molecule has 0 aromatic carbocycles. The number of anilines is 1. The Hall–Kier alpha value is -2.15. The van der Waals surface area contributed by atoms with Crippen LogP contribution < -0.4 is 10.6 Å². The molecule has 2 aromatic heterocycles. The fourth-order valence-electron chi connectivity index (χ4n) is 4.96. The van der Waals surface area contributed by atoms with E-state index in [1.807, 2.05) is 12.3 Å². The highest BCUT2D eigenvalue weighted by Crippen LogP contribution is 2.41. The second-order valence-corrected chi connectivity index (χ2v) is 8.10. The number of aromatic nitrogens is 3. The van der Waals surface area contributed by atoms with Gasteiger partial charge in [0.1, 0.15) is 11.3 Å². The maximum Gasteiger partial charge on any atom is 0.268 e. The molecule has 1 amide bonds. The van der Waals surface area contributed by atoms with Crippen molar-refractivity contribution in [2.45, 2.75) is 69.1 Å². The van der Waals surface area contributed by atoms with Gasteiger partial charge in [-0.1, -0.05) is 12.8 Å². The maximum atomic E-state index is 12.4. The van der Waals surface area contributed by atoms with Crippen molar-refractivity contribution in [3.8, 4) is 0 Å². The fraction of sp³-hybridized carbons (Fsp3) is 0.632. The molecule has 2 aromatic rings. The lowest BCUT2D eigenvalue weighted by molar-refractivity contribution is 0.0876. The first-order valence-electron chi connectivity index (χ1n) is 9.76. The highest BCUT2D eigenvalue weighted by molar-refractivity contribution is 5.99. The SMILES string of the molecule is O=C1NCC2(CCCC2)n2c1cc1cnc(NC3CCC(O)CC3)nc12. The standard InChI is InChI=1S/C19H25N5O2/c25-14-5-3-13(4-6-14)22-18-20-10-12-9-15-17(26)21-11-19(7-1-2-8-19)24(15)16(12)23-18/h9-10,13-14,25H,1-8,11H2,(H,21,26)(H,20,22,23). The van der Waals surface area contributed by atoms with E-state index >= 15 is 0 Å². The van der Waals surface area contributed by atoms with Crippen molar-refractivity contribution in [1.29, 1.82) is 0 Å². The Bertz CT molecular complexity index is 847. The van der Waals surface area contributed by atoms with Crippen LogP contribution in [0.25, 0.3) is 11.0 Å². The summed E-state index contributed by atoms with van der Waals surface area (Å²) in [4.78, 5) is 21.7. The minimum absolute atomic E-state index is 0.0173. The number of carbonyl (C=O) groups is 1. The summed E-state index contributed by atoms with van der Waals surface area (Å²) in [5, 5.41) is 17.1. The van der Waals surface area contributed by atoms with E-state index < -0.39 is 0 Å². The summed E-state index contributed by atoms with van der Waals surface area (Å²) in [7, 11) is 0. The Morgan fingerprint density at radius 2 is 2.00 bits per heavy atom. The van der Waals surface area contributed by atoms with E-state index in [9.17, 15) is 9.90 Å². The van der Waals surface area contributed by atoms with Crippen molar-refractivity contribution in [3.63, 3.8) is 0 Å². The van der Waals surface area contributed by atoms with Crippen molar-refractivity contribution in [2.24, 2.45) is 0 Å². The van der Waals surface area contributed by atoms with Gasteiger partial charge in [0.05, 0.1) is 11.6 Å². The molecular weight excluding hydrogens is 330 g/mol. The summed E-state index contributed by atoms with van der Waals surface area (Å²) in [6, 6.07) is 2.22. The lowest BCUT2D eigenvalue weighted by atomic mass is 9.93. The van der Waals surface area contributed by atoms with E-state index in [0.29, 0.717) is 24.2 Å². The van der Waals surface area contributed by atoms with Gasteiger partial charge >= 0.3 is 0 Å². The third-order valence-electron chi connectivity index (χ3n) is 6.39. The van der Waals surface area contributed by atoms with Crippen LogP contribution in [0.15, 0.2) is 12.3 Å². The highest BCUT2D eigenvalue weighted by atomic mass is 16.3. The molecule has 2 fully saturated rings. The number of amides is 1. The van der Waals surface area contributed by atoms with Crippen LogP contribution in [0, 0.1) is 0 Å². The smallest absolute Gasteiger partial charge is 0.268 e. The van der Waals surface area contributed by atoms with Gasteiger partial charge in [0, 0.05) is 24.2 Å². The first-order chi connectivity index (χ1) is 12.6. The first kappa shape index (κ1) is 16.1. The molecule has 0 atom stereocenters. The minimum atomic E-state index is -0.171. The molecule has 5 rings (SSSR count). The van der Waals surface area contributed by atoms with Crippen LogP contribution in [0.5, 0.6) is 0 Å². The molecule has 2 aliphatic carbocycles. The molecule has 7 nitrogen and oxygen atoms in total. The molecule has 0 saturated heterocycles. The van der Waals surface area contributed by atoms with Gasteiger partial charge in [0.2, 0.25) is 5.95 Å². The predicted molar refractivity (Wildman–Crippen MR) is 98.2 cm³/mol. The van der Waals surface area contributed by atoms with Crippen molar-refractivity contribution < 1.29 is 9.90 Å². The summed E-state index contributed by atoms with van der Waals surface area (Å²) >= 11 is 0. The summed E-state index contributed by atoms with van der Waals surface area (Å²) in [5.41, 5.74) is 1.54. The molecule has 26 heavy (non-hydrogen) atoms. The monoisotopic (exact) mass is 355 g/mol. The maximum absolute atomic E-state index is 12.4. The van der Waals surface area contributed by atoms with Gasteiger partial charge in [-0.25, -0.2) is 4.98 Å². The van der Waals surface area contributed by atoms with Gasteiger partial charge in [-0.15, -0.1) is 0 Å². The van der Waals surface area contributed by atoms with Gasteiger partial charge in [0.15, 0.2) is 0 Å². The van der Waals surface area contributed by atoms with Crippen LogP contribution in [0.4, 0.5) is 5.95 Å². The van der Waals surface area contributed by atoms with Crippen LogP contribution in [0.3, 0.4) is 0 Å². The lowest BCUT2D eigenvalue weighted by Crippen LogP contribution is -2.50. The summed E-state index contributed by atoms with van der Waals surface area (Å²) < 4.78 is 2.19. The Morgan fingerprint density at radius 1 is 1.23 bits per heavy atom. The molecule has 3 heterocycles. The molecule has 138 valence electrons. The molecule has 0 bridgehead atoms. The molecule has 2 saturated carbocycles. The summed E-state index contributed by atoms with van der Waals surface area (Å²) in [6.45, 7) is 0.690. The van der Waals surface area contributed by atoms with E-state index in [4.69, 9.17) is 4.98 Å². The van der Waals surface area contributed by atoms with Crippen molar-refractivity contribution >= 4 is 22.9 Å². The summed E-state index contributed by atoms with van der Waals surface area (Å²) in [6.07, 6.45) is 9.70. The van der Waals surface area contributed by atoms with Gasteiger partial charge < -0.3 is 20.3 Å². The van der Waals surface area contributed by atoms with E-state index in [1.165, 1.54) is 12.8 Å². The average Bonchev–Trinajstić information content (AvgIpc) is 3.26. The van der Waals surface area contributed by atoms with Crippen LogP contribution >= 0.6 is 0 Å². The van der Waals surface area contributed by atoms with E-state index in [-0.39, 0.29) is 17.6 Å². The van der Waals surface area contributed by atoms with E-state index in [1.54, 1.807) is 0 Å². The third kappa shape index (κ3) is 2.48. The predicted octanol–water partition coefficient (Wildman–Crippen LogP) is 2.16. The first-order valence-corrected chi connectivity index (χ1v) is 9.76. The number of rotatable bonds is 2. The van der Waals surface area contributed by atoms with Gasteiger partial charge in [-0.3, -0.25) is 4.79 Å². The molecule has 3 N–H and O–H groups in total. The number of hydrogen-bond acceptors (Lipinski definition) is 5. The number of aliphatic hydroxyl groups excluding tert-OH is 1. The number of hydrogen-bond donors (Lipinski definition) is 3. The van der Waals surface area contributed by atoms with Crippen LogP contribution in [0.2, 0.25) is 0 Å². The normalized spacial score (nSPS) is 27.5. The number of nitrogens with one attached hydrogen (secondary N) is 2. The molecule has 0 unspecified atom stereocenters. The van der Waals surface area contributed by atoms with Crippen molar-refractivity contribution in [2.75, 3.05) is 11.9 Å². The third-order valence-corrected chi connectivity index (χ3v) is 6.39. The number of aliphatic hydroxyl groups is 1. The topological polar surface area (TPSA) is 92.1 Å². The zero-order chi connectivity index (χ0) is 17.7. The Kier molecular flexibility index (Phi) is 3.67. The second-order valence-electron chi connectivity index (χ2n) is 8.10. The molecule has 7 heteroatoms. The summed E-state index contributed by atoms with van der Waals surface area (Å²) in [5.74, 6) is 0.607. The number of fused-ring (bicyclic) bond motifs is 4. The van der Waals surface area contributed by atoms with Crippen molar-refractivity contribution in [3.05, 3.63) is 18.0 Å². The van der Waals surface area contributed by atoms with Crippen LogP contribution in [-0.2, 0) is 5.54 Å². The van der Waals surface area contributed by atoms with Crippen LogP contribution in [0.1, 0.15) is 61.9 Å².